The van der Waals surface area contributed by atoms with Crippen LogP contribution in [0.3, 0.4) is 0 Å². The zero-order valence-electron chi connectivity index (χ0n) is 9.20. The summed E-state index contributed by atoms with van der Waals surface area (Å²) in [5.74, 6) is -1.89. The van der Waals surface area contributed by atoms with E-state index < -0.39 is 29.5 Å². The Labute approximate surface area is 99.7 Å². The van der Waals surface area contributed by atoms with E-state index in [1.807, 2.05) is 0 Å². The second-order valence-corrected chi connectivity index (χ2v) is 3.92. The molecule has 0 fully saturated rings. The molecule has 0 heterocycles. The number of carbonyl (C=O) groups is 1. The van der Waals surface area contributed by atoms with E-state index in [0.29, 0.717) is 12.1 Å². The summed E-state index contributed by atoms with van der Waals surface area (Å²) in [5, 5.41) is 18.1. The third-order valence-electron chi connectivity index (χ3n) is 2.51. The van der Waals surface area contributed by atoms with Gasteiger partial charge >= 0.3 is 12.1 Å². The van der Waals surface area contributed by atoms with Gasteiger partial charge in [0.15, 0.2) is 0 Å². The largest absolute Gasteiger partial charge is 0.479 e. The van der Waals surface area contributed by atoms with E-state index in [2.05, 4.69) is 0 Å². The molecule has 2 atom stereocenters. The van der Waals surface area contributed by atoms with E-state index in [0.717, 1.165) is 19.1 Å². The number of carboxylic acid groups (broad SMARTS) is 1. The molecule has 0 saturated carbocycles. The van der Waals surface area contributed by atoms with Crippen LogP contribution in [0.1, 0.15) is 18.1 Å². The zero-order valence-corrected chi connectivity index (χ0v) is 9.20. The molecule has 0 amide bonds. The Morgan fingerprint density at radius 3 is 1.89 bits per heavy atom. The molecule has 0 aliphatic heterocycles. The van der Waals surface area contributed by atoms with Gasteiger partial charge in [-0.05, 0) is 24.6 Å². The lowest BCUT2D eigenvalue weighted by Crippen LogP contribution is -2.39. The zero-order chi connectivity index (χ0) is 14.1. The molecule has 7 heteroatoms. The third-order valence-corrected chi connectivity index (χ3v) is 2.51. The van der Waals surface area contributed by atoms with Gasteiger partial charge in [-0.1, -0.05) is 12.1 Å². The number of aliphatic carboxylic acids is 1. The van der Waals surface area contributed by atoms with Gasteiger partial charge in [0, 0.05) is 0 Å². The highest BCUT2D eigenvalue weighted by molar-refractivity contribution is 5.74. The summed E-state index contributed by atoms with van der Waals surface area (Å²) in [6.07, 6.45) is -7.18. The molecule has 0 radical (unpaired) electrons. The molecular weight excluding hydrogens is 256 g/mol. The van der Waals surface area contributed by atoms with Crippen LogP contribution in [0.25, 0.3) is 0 Å². The number of carboxylic acids is 1. The molecule has 2 unspecified atom stereocenters. The molecule has 0 saturated heterocycles. The van der Waals surface area contributed by atoms with Crippen molar-refractivity contribution < 1.29 is 32.6 Å². The van der Waals surface area contributed by atoms with E-state index >= 15 is 0 Å². The van der Waals surface area contributed by atoms with E-state index in [4.69, 9.17) is 5.11 Å². The van der Waals surface area contributed by atoms with Crippen molar-refractivity contribution in [3.63, 3.8) is 0 Å². The Morgan fingerprint density at radius 2 is 1.56 bits per heavy atom. The van der Waals surface area contributed by atoms with E-state index in [1.54, 1.807) is 0 Å². The molecule has 0 spiro atoms. The van der Waals surface area contributed by atoms with Gasteiger partial charge in [0.25, 0.3) is 0 Å². The fourth-order valence-corrected chi connectivity index (χ4v) is 1.38. The van der Waals surface area contributed by atoms with Crippen LogP contribution >= 0.6 is 0 Å². The van der Waals surface area contributed by atoms with Crippen LogP contribution in [0.2, 0.25) is 0 Å². The van der Waals surface area contributed by atoms with Gasteiger partial charge in [0.1, 0.15) is 5.60 Å². The van der Waals surface area contributed by atoms with Gasteiger partial charge in [-0.25, -0.2) is 9.18 Å². The Bertz CT molecular complexity index is 437. The van der Waals surface area contributed by atoms with Crippen LogP contribution in [-0.2, 0) is 16.6 Å². The monoisotopic (exact) mass is 266 g/mol. The number of halogens is 4. The molecule has 1 rings (SSSR count). The summed E-state index contributed by atoms with van der Waals surface area (Å²) in [6.45, 7) is 0.883. The molecule has 0 aromatic heterocycles. The molecule has 0 bridgehead atoms. The van der Waals surface area contributed by atoms with Gasteiger partial charge < -0.3 is 10.2 Å². The summed E-state index contributed by atoms with van der Waals surface area (Å²) in [6, 6.07) is 2.99. The van der Waals surface area contributed by atoms with Crippen LogP contribution in [-0.4, -0.2) is 22.4 Å². The van der Waals surface area contributed by atoms with Gasteiger partial charge in [0.2, 0.25) is 6.17 Å². The summed E-state index contributed by atoms with van der Waals surface area (Å²) in [4.78, 5) is 10.4. The second-order valence-electron chi connectivity index (χ2n) is 3.92. The van der Waals surface area contributed by atoms with Gasteiger partial charge in [0.05, 0.1) is 5.56 Å². The van der Waals surface area contributed by atoms with Crippen molar-refractivity contribution in [1.29, 1.82) is 0 Å². The lowest BCUT2D eigenvalue weighted by atomic mass is 9.90. The topological polar surface area (TPSA) is 57.5 Å². The highest BCUT2D eigenvalue weighted by Crippen LogP contribution is 2.32. The number of hydrogen-bond donors (Lipinski definition) is 2. The van der Waals surface area contributed by atoms with E-state index in [-0.39, 0.29) is 5.56 Å². The molecule has 18 heavy (non-hydrogen) atoms. The summed E-state index contributed by atoms with van der Waals surface area (Å²) in [7, 11) is 0. The van der Waals surface area contributed by atoms with Gasteiger partial charge in [-0.15, -0.1) is 0 Å². The van der Waals surface area contributed by atoms with Crippen LogP contribution in [0.4, 0.5) is 17.6 Å². The average molecular weight is 266 g/mol. The van der Waals surface area contributed by atoms with Crippen molar-refractivity contribution >= 4 is 5.97 Å². The van der Waals surface area contributed by atoms with Gasteiger partial charge in [-0.2, -0.15) is 13.2 Å². The minimum Gasteiger partial charge on any atom is -0.479 e. The summed E-state index contributed by atoms with van der Waals surface area (Å²) >= 11 is 0. The second kappa shape index (κ2) is 4.56. The first-order chi connectivity index (χ1) is 8.06. The fourth-order valence-electron chi connectivity index (χ4n) is 1.38. The third kappa shape index (κ3) is 2.79. The van der Waals surface area contributed by atoms with Crippen molar-refractivity contribution in [2.45, 2.75) is 24.9 Å². The smallest absolute Gasteiger partial charge is 0.416 e. The van der Waals surface area contributed by atoms with Crippen LogP contribution in [0.15, 0.2) is 24.3 Å². The first-order valence-corrected chi connectivity index (χ1v) is 4.84. The molecule has 0 aliphatic rings. The Hall–Kier alpha value is -1.63. The molecule has 3 nitrogen and oxygen atoms in total. The Kier molecular flexibility index (Phi) is 3.66. The lowest BCUT2D eigenvalue weighted by molar-refractivity contribution is -0.154. The van der Waals surface area contributed by atoms with E-state index in [9.17, 15) is 27.5 Å². The predicted octanol–water partition coefficient (Wildman–Crippen LogP) is 2.34. The van der Waals surface area contributed by atoms with E-state index in [1.165, 1.54) is 0 Å². The van der Waals surface area contributed by atoms with Crippen LogP contribution in [0, 0.1) is 0 Å². The van der Waals surface area contributed by atoms with Crippen molar-refractivity contribution in [2.75, 3.05) is 0 Å². The SMILES string of the molecule is CC(O)(c1ccc(C(F)(F)F)cc1)C(F)C(=O)O. The quantitative estimate of drug-likeness (QED) is 0.825. The summed E-state index contributed by atoms with van der Waals surface area (Å²) in [5.41, 5.74) is -3.60. The van der Waals surface area contributed by atoms with Crippen molar-refractivity contribution in [2.24, 2.45) is 0 Å². The minimum atomic E-state index is -4.55. The molecular formula is C11H10F4O3. The number of alkyl halides is 4. The maximum Gasteiger partial charge on any atom is 0.416 e. The minimum absolute atomic E-state index is 0.245. The van der Waals surface area contributed by atoms with Crippen molar-refractivity contribution in [1.82, 2.24) is 0 Å². The van der Waals surface area contributed by atoms with Crippen LogP contribution in [0.5, 0.6) is 0 Å². The molecule has 1 aromatic rings. The maximum atomic E-state index is 13.3. The fraction of sp³-hybridized carbons (Fsp3) is 0.364. The molecule has 2 N–H and O–H groups in total. The number of aliphatic hydroxyl groups is 1. The first kappa shape index (κ1) is 14.4. The first-order valence-electron chi connectivity index (χ1n) is 4.84. The lowest BCUT2D eigenvalue weighted by Gasteiger charge is -2.25. The maximum absolute atomic E-state index is 13.3. The Morgan fingerprint density at radius 1 is 1.17 bits per heavy atom. The summed E-state index contributed by atoms with van der Waals surface area (Å²) < 4.78 is 50.1. The predicted molar refractivity (Wildman–Crippen MR) is 53.5 cm³/mol. The highest BCUT2D eigenvalue weighted by Gasteiger charge is 2.40. The van der Waals surface area contributed by atoms with Crippen LogP contribution < -0.4 is 0 Å². The number of hydrogen-bond acceptors (Lipinski definition) is 2. The number of rotatable bonds is 3. The van der Waals surface area contributed by atoms with Crippen molar-refractivity contribution in [3.05, 3.63) is 35.4 Å². The van der Waals surface area contributed by atoms with Gasteiger partial charge in [-0.3, -0.25) is 0 Å². The highest BCUT2D eigenvalue weighted by atomic mass is 19.4. The van der Waals surface area contributed by atoms with Crippen molar-refractivity contribution in [3.8, 4) is 0 Å². The normalized spacial score (nSPS) is 17.0. The average Bonchev–Trinajstić information content (AvgIpc) is 2.26. The number of benzene rings is 1. The standard InChI is InChI=1S/C11H10F4O3/c1-10(18,8(12)9(16)17)6-2-4-7(5-3-6)11(13,14)15/h2-5,8,18H,1H3,(H,16,17). The molecule has 1 aromatic carbocycles. The molecule has 100 valence electrons. The Balaban J connectivity index is 3.08. The molecule has 0 aliphatic carbocycles.